The van der Waals surface area contributed by atoms with E-state index in [1.807, 2.05) is 80.5 Å². The van der Waals surface area contributed by atoms with Gasteiger partial charge in [-0.15, -0.1) is 0 Å². The fraction of sp³-hybridized carbons (Fsp3) is 0.150. The predicted molar refractivity (Wildman–Crippen MR) is 94.0 cm³/mol. The van der Waals surface area contributed by atoms with E-state index in [4.69, 9.17) is 4.74 Å². The van der Waals surface area contributed by atoms with Crippen molar-refractivity contribution < 1.29 is 9.53 Å². The maximum atomic E-state index is 12.1. The molecule has 1 heterocycles. The Morgan fingerprint density at radius 3 is 2.22 bits per heavy atom. The Morgan fingerprint density at radius 2 is 1.61 bits per heavy atom. The molecule has 0 radical (unpaired) electrons. The molecule has 0 bridgehead atoms. The molecule has 0 atom stereocenters. The van der Waals surface area contributed by atoms with Gasteiger partial charge in [-0.1, -0.05) is 42.0 Å². The first-order valence-corrected chi connectivity index (χ1v) is 7.53. The highest BCUT2D eigenvalue weighted by molar-refractivity contribution is 6.05. The van der Waals surface area contributed by atoms with E-state index >= 15 is 0 Å². The number of benzene rings is 2. The van der Waals surface area contributed by atoms with E-state index in [9.17, 15) is 4.79 Å². The fourth-order valence-corrected chi connectivity index (χ4v) is 2.40. The molecule has 0 fully saturated rings. The van der Waals surface area contributed by atoms with Crippen molar-refractivity contribution in [1.29, 1.82) is 0 Å². The molecular formula is C20H19NO2. The minimum absolute atomic E-state index is 0.308. The van der Waals surface area contributed by atoms with Crippen LogP contribution in [0.15, 0.2) is 60.2 Å². The number of aryl methyl sites for hydroxylation is 1. The number of hydrogen-bond acceptors (Lipinski definition) is 3. The van der Waals surface area contributed by atoms with E-state index in [2.05, 4.69) is 0 Å². The highest BCUT2D eigenvalue weighted by Gasteiger charge is 2.21. The zero-order valence-corrected chi connectivity index (χ0v) is 13.5. The summed E-state index contributed by atoms with van der Waals surface area (Å²) in [6.45, 7) is 2.03. The Balaban J connectivity index is 1.87. The summed E-state index contributed by atoms with van der Waals surface area (Å²) in [5.41, 5.74) is 4.75. The third-order valence-electron chi connectivity index (χ3n) is 3.79. The summed E-state index contributed by atoms with van der Waals surface area (Å²) >= 11 is 0. The summed E-state index contributed by atoms with van der Waals surface area (Å²) in [6, 6.07) is 16.0. The van der Waals surface area contributed by atoms with Gasteiger partial charge < -0.3 is 9.64 Å². The molecule has 1 aliphatic rings. The van der Waals surface area contributed by atoms with Crippen molar-refractivity contribution in [3.63, 3.8) is 0 Å². The number of nitrogens with zero attached hydrogens (tertiary/aromatic N) is 1. The van der Waals surface area contributed by atoms with Crippen LogP contribution in [0.1, 0.15) is 16.7 Å². The summed E-state index contributed by atoms with van der Waals surface area (Å²) in [5.74, 6) is 0.295. The zero-order valence-electron chi connectivity index (χ0n) is 13.5. The molecule has 0 aliphatic carbocycles. The Kier molecular flexibility index (Phi) is 4.02. The second-order valence-electron chi connectivity index (χ2n) is 5.85. The van der Waals surface area contributed by atoms with Gasteiger partial charge in [-0.25, -0.2) is 4.79 Å². The fourth-order valence-electron chi connectivity index (χ4n) is 2.40. The highest BCUT2D eigenvalue weighted by Crippen LogP contribution is 2.27. The standard InChI is InChI=1S/C20H19NO2/c1-14-4-8-16(9-5-14)19-13-17(20(22)23-19)12-15-6-10-18(11-7-15)21(2)3/h4-13H,1-3H3. The minimum Gasteiger partial charge on any atom is -0.422 e. The molecule has 0 unspecified atom stereocenters. The molecule has 0 aromatic heterocycles. The van der Waals surface area contributed by atoms with Crippen LogP contribution in [0.5, 0.6) is 0 Å². The van der Waals surface area contributed by atoms with Crippen LogP contribution in [-0.4, -0.2) is 20.1 Å². The van der Waals surface area contributed by atoms with Crippen LogP contribution in [0.25, 0.3) is 11.8 Å². The lowest BCUT2D eigenvalue weighted by molar-refractivity contribution is -0.130. The molecular weight excluding hydrogens is 286 g/mol. The van der Waals surface area contributed by atoms with Crippen LogP contribution in [0.2, 0.25) is 0 Å². The van der Waals surface area contributed by atoms with Crippen molar-refractivity contribution in [1.82, 2.24) is 0 Å². The molecule has 3 heteroatoms. The average molecular weight is 305 g/mol. The lowest BCUT2D eigenvalue weighted by atomic mass is 10.1. The third kappa shape index (κ3) is 3.34. The molecule has 2 aromatic carbocycles. The molecule has 0 amide bonds. The maximum absolute atomic E-state index is 12.1. The largest absolute Gasteiger partial charge is 0.422 e. The Morgan fingerprint density at radius 1 is 0.957 bits per heavy atom. The normalized spacial score (nSPS) is 15.5. The van der Waals surface area contributed by atoms with Gasteiger partial charge in [-0.2, -0.15) is 0 Å². The first kappa shape index (κ1) is 15.1. The highest BCUT2D eigenvalue weighted by atomic mass is 16.5. The molecule has 0 spiro atoms. The topological polar surface area (TPSA) is 29.5 Å². The molecule has 0 N–H and O–H groups in total. The minimum atomic E-state index is -0.308. The van der Waals surface area contributed by atoms with Gasteiger partial charge in [0.15, 0.2) is 0 Å². The first-order chi connectivity index (χ1) is 11.0. The lowest BCUT2D eigenvalue weighted by Crippen LogP contribution is -2.07. The van der Waals surface area contributed by atoms with Gasteiger partial charge in [0.2, 0.25) is 0 Å². The van der Waals surface area contributed by atoms with E-state index in [1.54, 1.807) is 6.08 Å². The molecule has 2 aromatic rings. The van der Waals surface area contributed by atoms with Crippen molar-refractivity contribution >= 4 is 23.5 Å². The van der Waals surface area contributed by atoms with Gasteiger partial charge >= 0.3 is 5.97 Å². The SMILES string of the molecule is Cc1ccc(C2=CC(=Cc3ccc(N(C)C)cc3)C(=O)O2)cc1. The van der Waals surface area contributed by atoms with Crippen molar-refractivity contribution in [2.24, 2.45) is 0 Å². The number of carbonyl (C=O) groups excluding carboxylic acids is 1. The summed E-state index contributed by atoms with van der Waals surface area (Å²) in [5, 5.41) is 0. The van der Waals surface area contributed by atoms with Gasteiger partial charge in [0.1, 0.15) is 5.76 Å². The Bertz CT molecular complexity index is 781. The molecule has 3 rings (SSSR count). The number of hydrogen-bond donors (Lipinski definition) is 0. The molecule has 116 valence electrons. The lowest BCUT2D eigenvalue weighted by Gasteiger charge is -2.11. The van der Waals surface area contributed by atoms with Crippen molar-refractivity contribution in [3.8, 4) is 0 Å². The van der Waals surface area contributed by atoms with Crippen molar-refractivity contribution in [2.75, 3.05) is 19.0 Å². The van der Waals surface area contributed by atoms with Crippen molar-refractivity contribution in [3.05, 3.63) is 76.9 Å². The van der Waals surface area contributed by atoms with Crippen LogP contribution < -0.4 is 4.90 Å². The number of rotatable bonds is 3. The van der Waals surface area contributed by atoms with Crippen LogP contribution in [0.3, 0.4) is 0 Å². The van der Waals surface area contributed by atoms with Crippen LogP contribution >= 0.6 is 0 Å². The summed E-state index contributed by atoms with van der Waals surface area (Å²) in [6.07, 6.45) is 3.65. The van der Waals surface area contributed by atoms with Crippen LogP contribution in [-0.2, 0) is 9.53 Å². The van der Waals surface area contributed by atoms with Gasteiger partial charge in [0, 0.05) is 25.3 Å². The van der Waals surface area contributed by atoms with Crippen molar-refractivity contribution in [2.45, 2.75) is 6.92 Å². The molecule has 1 aliphatic heterocycles. The number of anilines is 1. The van der Waals surface area contributed by atoms with E-state index in [-0.39, 0.29) is 5.97 Å². The quantitative estimate of drug-likeness (QED) is 0.633. The average Bonchev–Trinajstić information content (AvgIpc) is 2.89. The van der Waals surface area contributed by atoms with E-state index in [0.717, 1.165) is 16.8 Å². The molecule has 3 nitrogen and oxygen atoms in total. The predicted octanol–water partition coefficient (Wildman–Crippen LogP) is 4.04. The second kappa shape index (κ2) is 6.13. The van der Waals surface area contributed by atoms with Gasteiger partial charge in [0.25, 0.3) is 0 Å². The maximum Gasteiger partial charge on any atom is 0.343 e. The smallest absolute Gasteiger partial charge is 0.343 e. The summed E-state index contributed by atoms with van der Waals surface area (Å²) in [4.78, 5) is 14.1. The van der Waals surface area contributed by atoms with Crippen LogP contribution in [0, 0.1) is 6.92 Å². The molecule has 23 heavy (non-hydrogen) atoms. The Labute approximate surface area is 136 Å². The number of esters is 1. The third-order valence-corrected chi connectivity index (χ3v) is 3.79. The van der Waals surface area contributed by atoms with E-state index in [0.29, 0.717) is 11.3 Å². The monoisotopic (exact) mass is 305 g/mol. The Hall–Kier alpha value is -2.81. The summed E-state index contributed by atoms with van der Waals surface area (Å²) in [7, 11) is 4.00. The van der Waals surface area contributed by atoms with Gasteiger partial charge in [0.05, 0.1) is 5.57 Å². The van der Waals surface area contributed by atoms with Crippen LogP contribution in [0.4, 0.5) is 5.69 Å². The van der Waals surface area contributed by atoms with E-state index < -0.39 is 0 Å². The zero-order chi connectivity index (χ0) is 16.4. The van der Waals surface area contributed by atoms with Gasteiger partial charge in [-0.3, -0.25) is 0 Å². The number of cyclic esters (lactones) is 1. The number of carbonyl (C=O) groups is 1. The first-order valence-electron chi connectivity index (χ1n) is 7.53. The summed E-state index contributed by atoms with van der Waals surface area (Å²) < 4.78 is 5.38. The van der Waals surface area contributed by atoms with E-state index in [1.165, 1.54) is 5.56 Å². The molecule has 0 saturated heterocycles. The molecule has 0 saturated carbocycles. The second-order valence-corrected chi connectivity index (χ2v) is 5.85. The number of ether oxygens (including phenoxy) is 1. The van der Waals surface area contributed by atoms with Gasteiger partial charge in [-0.05, 0) is 36.8 Å².